The summed E-state index contributed by atoms with van der Waals surface area (Å²) >= 11 is 0. The maximum absolute atomic E-state index is 2.83. The molecule has 4 heteroatoms. The second-order valence-corrected chi connectivity index (χ2v) is 34.3. The van der Waals surface area contributed by atoms with Crippen molar-refractivity contribution < 1.29 is 0 Å². The smallest absolute Gasteiger partial charge is 0.252 e. The van der Waals surface area contributed by atoms with Crippen LogP contribution >= 0.6 is 0 Å². The summed E-state index contributed by atoms with van der Waals surface area (Å²) < 4.78 is 8.27. The lowest BCUT2D eigenvalue weighted by molar-refractivity contribution is 0.583. The van der Waals surface area contributed by atoms with Gasteiger partial charge < -0.3 is 13.7 Å². The molecule has 436 valence electrons. The molecular weight excluding hydrogens is 1050 g/mol. The van der Waals surface area contributed by atoms with Crippen LogP contribution in [0.25, 0.3) is 93.6 Å². The van der Waals surface area contributed by atoms with Crippen molar-refractivity contribution in [1.82, 2.24) is 13.7 Å². The Morgan fingerprint density at radius 2 is 0.851 bits per heavy atom. The van der Waals surface area contributed by atoms with Gasteiger partial charge in [0.15, 0.2) is 0 Å². The van der Waals surface area contributed by atoms with Gasteiger partial charge in [0.05, 0.1) is 33.0 Å². The van der Waals surface area contributed by atoms with Gasteiger partial charge >= 0.3 is 0 Å². The van der Waals surface area contributed by atoms with Gasteiger partial charge in [0.25, 0.3) is 6.71 Å². The molecule has 12 aromatic rings. The molecule has 6 heterocycles. The molecule has 0 atom stereocenters. The molecule has 87 heavy (non-hydrogen) atoms. The van der Waals surface area contributed by atoms with Crippen molar-refractivity contribution in [2.24, 2.45) is 0 Å². The van der Waals surface area contributed by atoms with Crippen molar-refractivity contribution in [1.29, 1.82) is 0 Å². The highest BCUT2D eigenvalue weighted by atomic mass is 15.1. The van der Waals surface area contributed by atoms with E-state index >= 15 is 0 Å². The summed E-state index contributed by atoms with van der Waals surface area (Å²) in [6, 6.07) is 57.8. The Bertz CT molecular complexity index is 5060. The number of fused-ring (bicyclic) bond motifs is 18. The Labute approximate surface area is 516 Å². The van der Waals surface area contributed by atoms with E-state index in [0.717, 1.165) is 0 Å². The minimum Gasteiger partial charge on any atom is -0.310 e. The standard InChI is InChI=1S/C83H86BN3/c1-76(2,3)45-24-22-25-51(36-45)85-66-43-48(79(10,11)12)30-33-54(66)68-67(85)44-63-75-70(68)69-57(82(19,20)21)26-23-27-64(69)86(75)65-35-34-58-74-71(65)84(63)62-42-50(81(16,17)18)38-56-55-37-49(80(13,14)15)41-61(72(55)87(74)73(56)62)83(58)59-39-46(77(4,5)6)28-31-52(59)53-32-29-47(40-60(53)83)78(7,8)9/h22-44H,1-21H3. The molecule has 9 aromatic carbocycles. The third-order valence-corrected chi connectivity index (χ3v) is 21.4. The predicted molar refractivity (Wildman–Crippen MR) is 376 cm³/mol. The lowest BCUT2D eigenvalue weighted by Crippen LogP contribution is -2.60. The van der Waals surface area contributed by atoms with Crippen LogP contribution in [-0.4, -0.2) is 20.4 Å². The summed E-state index contributed by atoms with van der Waals surface area (Å²) in [5.41, 5.74) is 32.5. The molecule has 1 spiro atoms. The van der Waals surface area contributed by atoms with Crippen LogP contribution in [0.15, 0.2) is 140 Å². The average Bonchev–Trinajstić information content (AvgIpc) is 1.53. The normalized spacial score (nSPS) is 15.3. The number of aromatic nitrogens is 3. The van der Waals surface area contributed by atoms with Gasteiger partial charge in [0.2, 0.25) is 0 Å². The zero-order chi connectivity index (χ0) is 61.5. The Kier molecular flexibility index (Phi) is 10.4. The summed E-state index contributed by atoms with van der Waals surface area (Å²) in [6.45, 7) is 50.3. The SMILES string of the molecule is CC(C)(C)c1cccc(-n2c3cc(C(C)(C)C)ccc3c3c4c5c(C(C)(C)C)cccc5n5c4c(cc32)B2c3c-5ccc4c3-n3c5c2cc(C(C)(C)C)cc5c2cc(C(C)(C)C)cc(c23)C42c3cc(C(C)(C)C)ccc3-c3ccc(C(C)(C)C)cc32)c1. The number of benzene rings is 9. The maximum Gasteiger partial charge on any atom is 0.252 e. The minimum atomic E-state index is -0.649. The molecule has 0 bridgehead atoms. The van der Waals surface area contributed by atoms with Crippen molar-refractivity contribution >= 4 is 88.5 Å². The largest absolute Gasteiger partial charge is 0.310 e. The van der Waals surface area contributed by atoms with Gasteiger partial charge in [-0.2, -0.15) is 0 Å². The summed E-state index contributed by atoms with van der Waals surface area (Å²) in [5, 5.41) is 8.11. The molecular formula is C83H86BN3. The number of hydrogen-bond donors (Lipinski definition) is 0. The van der Waals surface area contributed by atoms with E-state index in [-0.39, 0.29) is 44.6 Å². The van der Waals surface area contributed by atoms with Gasteiger partial charge in [-0.15, -0.1) is 0 Å². The first-order valence-corrected chi connectivity index (χ1v) is 32.5. The summed E-state index contributed by atoms with van der Waals surface area (Å²) in [4.78, 5) is 0. The molecule has 1 aliphatic carbocycles. The molecule has 0 fully saturated rings. The van der Waals surface area contributed by atoms with Crippen LogP contribution in [-0.2, 0) is 43.3 Å². The van der Waals surface area contributed by atoms with Crippen molar-refractivity contribution in [3.63, 3.8) is 0 Å². The number of rotatable bonds is 1. The quantitative estimate of drug-likeness (QED) is 0.146. The zero-order valence-corrected chi connectivity index (χ0v) is 55.7. The van der Waals surface area contributed by atoms with Crippen LogP contribution in [0.5, 0.6) is 0 Å². The number of hydrogen-bond acceptors (Lipinski definition) is 0. The van der Waals surface area contributed by atoms with Crippen LogP contribution in [0.4, 0.5) is 0 Å². The monoisotopic (exact) mass is 1140 g/mol. The molecule has 3 nitrogen and oxygen atoms in total. The molecule has 0 N–H and O–H groups in total. The number of nitrogens with zero attached hydrogens (tertiary/aromatic N) is 3. The van der Waals surface area contributed by atoms with E-state index in [1.807, 2.05) is 0 Å². The fourth-order valence-corrected chi connectivity index (χ4v) is 16.7. The second-order valence-electron chi connectivity index (χ2n) is 34.3. The predicted octanol–water partition coefficient (Wildman–Crippen LogP) is 19.9. The maximum atomic E-state index is 2.83. The highest BCUT2D eigenvalue weighted by Gasteiger charge is 2.56. The molecule has 16 rings (SSSR count). The van der Waals surface area contributed by atoms with Crippen LogP contribution in [0, 0.1) is 0 Å². The fourth-order valence-electron chi connectivity index (χ4n) is 16.7. The van der Waals surface area contributed by atoms with Gasteiger partial charge in [-0.05, 0) is 175 Å². The van der Waals surface area contributed by atoms with Gasteiger partial charge in [-0.25, -0.2) is 0 Å². The fraction of sp³-hybridized carbons (Fsp3) is 0.349. The Morgan fingerprint density at radius 3 is 1.45 bits per heavy atom. The Morgan fingerprint density at radius 1 is 0.322 bits per heavy atom. The summed E-state index contributed by atoms with van der Waals surface area (Å²) in [7, 11) is 0. The van der Waals surface area contributed by atoms with Crippen molar-refractivity contribution in [3.05, 3.63) is 201 Å². The van der Waals surface area contributed by atoms with Gasteiger partial charge in [-0.1, -0.05) is 236 Å². The second kappa shape index (κ2) is 16.6. The van der Waals surface area contributed by atoms with Crippen LogP contribution in [0.1, 0.15) is 207 Å². The third kappa shape index (κ3) is 7.08. The van der Waals surface area contributed by atoms with Crippen LogP contribution in [0.2, 0.25) is 0 Å². The van der Waals surface area contributed by atoms with E-state index in [2.05, 4.69) is 299 Å². The van der Waals surface area contributed by atoms with E-state index in [1.54, 1.807) is 0 Å². The van der Waals surface area contributed by atoms with Gasteiger partial charge in [0.1, 0.15) is 0 Å². The minimum absolute atomic E-state index is 0.0414. The Balaban J connectivity index is 1.18. The van der Waals surface area contributed by atoms with Crippen molar-refractivity contribution in [2.45, 2.75) is 189 Å². The molecule has 4 aliphatic rings. The molecule has 0 amide bonds. The zero-order valence-electron chi connectivity index (χ0n) is 55.7. The van der Waals surface area contributed by atoms with Gasteiger partial charge in [-0.3, -0.25) is 0 Å². The van der Waals surface area contributed by atoms with E-state index in [0.29, 0.717) is 0 Å². The van der Waals surface area contributed by atoms with E-state index < -0.39 is 5.41 Å². The highest BCUT2D eigenvalue weighted by molar-refractivity contribution is 7.00. The molecule has 3 aromatic heterocycles. The summed E-state index contributed by atoms with van der Waals surface area (Å²) in [5.74, 6) is 0. The first-order valence-electron chi connectivity index (χ1n) is 32.5. The lowest BCUT2D eigenvalue weighted by atomic mass is 9.33. The Hall–Kier alpha value is -7.56. The first-order chi connectivity index (χ1) is 40.6. The third-order valence-electron chi connectivity index (χ3n) is 21.4. The van der Waals surface area contributed by atoms with E-state index in [4.69, 9.17) is 0 Å². The molecule has 0 saturated carbocycles. The molecule has 3 aliphatic heterocycles. The average molecular weight is 1140 g/mol. The van der Waals surface area contributed by atoms with E-state index in [9.17, 15) is 0 Å². The molecule has 0 saturated heterocycles. The van der Waals surface area contributed by atoms with E-state index in [1.165, 1.54) is 171 Å². The topological polar surface area (TPSA) is 14.8 Å². The molecule has 0 radical (unpaired) electrons. The summed E-state index contributed by atoms with van der Waals surface area (Å²) in [6.07, 6.45) is 0. The van der Waals surface area contributed by atoms with Crippen LogP contribution < -0.4 is 16.4 Å². The van der Waals surface area contributed by atoms with Crippen molar-refractivity contribution in [2.75, 3.05) is 0 Å². The highest BCUT2D eigenvalue weighted by Crippen LogP contribution is 2.63. The molecule has 0 unspecified atom stereocenters. The first kappa shape index (κ1) is 54.8. The lowest BCUT2D eigenvalue weighted by Gasteiger charge is -2.45. The van der Waals surface area contributed by atoms with Crippen molar-refractivity contribution in [3.8, 4) is 28.2 Å². The van der Waals surface area contributed by atoms with Crippen LogP contribution in [0.3, 0.4) is 0 Å². The van der Waals surface area contributed by atoms with Gasteiger partial charge in [0, 0.05) is 54.9 Å².